The molecule has 0 amide bonds. The molecule has 0 spiro atoms. The Morgan fingerprint density at radius 3 is 3.14 bits per heavy atom. The van der Waals surface area contributed by atoms with Crippen molar-refractivity contribution in [2.75, 3.05) is 25.6 Å². The second-order valence-corrected chi connectivity index (χ2v) is 3.70. The second kappa shape index (κ2) is 3.89. The number of hydrogen-bond acceptors (Lipinski definition) is 5. The molecule has 0 aromatic carbocycles. The Morgan fingerprint density at radius 1 is 1.64 bits per heavy atom. The lowest BCUT2D eigenvalue weighted by Crippen LogP contribution is -2.15. The van der Waals surface area contributed by atoms with Crippen molar-refractivity contribution in [1.29, 1.82) is 0 Å². The van der Waals surface area contributed by atoms with Gasteiger partial charge in [0.1, 0.15) is 0 Å². The van der Waals surface area contributed by atoms with E-state index in [9.17, 15) is 0 Å². The fraction of sp³-hybridized carbons (Fsp3) is 0.556. The molecule has 0 aliphatic carbocycles. The van der Waals surface area contributed by atoms with Crippen molar-refractivity contribution >= 4 is 5.95 Å². The first kappa shape index (κ1) is 9.36. The number of hydrazine groups is 1. The van der Waals surface area contributed by atoms with Crippen LogP contribution in [0.2, 0.25) is 0 Å². The molecule has 2 rings (SSSR count). The summed E-state index contributed by atoms with van der Waals surface area (Å²) in [6.07, 6.45) is 2.91. The maximum atomic E-state index is 5.26. The first-order chi connectivity index (χ1) is 6.79. The molecule has 0 bridgehead atoms. The Bertz CT molecular complexity index is 314. The van der Waals surface area contributed by atoms with Gasteiger partial charge in [-0.15, -0.1) is 0 Å². The van der Waals surface area contributed by atoms with Gasteiger partial charge in [0.05, 0.1) is 5.69 Å². The third-order valence-corrected chi connectivity index (χ3v) is 2.62. The molecule has 0 radical (unpaired) electrons. The van der Waals surface area contributed by atoms with Crippen molar-refractivity contribution in [3.05, 3.63) is 18.0 Å². The summed E-state index contributed by atoms with van der Waals surface area (Å²) in [5.41, 5.74) is 3.55. The molecule has 1 atom stereocenters. The number of nitrogens with one attached hydrogen (secondary N) is 1. The van der Waals surface area contributed by atoms with Gasteiger partial charge in [0.2, 0.25) is 5.95 Å². The molecule has 1 aromatic heterocycles. The van der Waals surface area contributed by atoms with Crippen LogP contribution in [-0.4, -0.2) is 35.0 Å². The van der Waals surface area contributed by atoms with Gasteiger partial charge < -0.3 is 4.90 Å². The fourth-order valence-corrected chi connectivity index (χ4v) is 1.85. The molecule has 5 heteroatoms. The molecule has 76 valence electrons. The Morgan fingerprint density at radius 2 is 2.50 bits per heavy atom. The molecule has 14 heavy (non-hydrogen) atoms. The minimum atomic E-state index is 0.497. The summed E-state index contributed by atoms with van der Waals surface area (Å²) in [5, 5.41) is 0. The average molecular weight is 193 g/mol. The quantitative estimate of drug-likeness (QED) is 0.518. The number of likely N-dealkylation sites (N-methyl/N-ethyl adjacent to an activating group) is 1. The van der Waals surface area contributed by atoms with Crippen LogP contribution in [0.15, 0.2) is 12.3 Å². The van der Waals surface area contributed by atoms with Crippen LogP contribution in [0.4, 0.5) is 5.95 Å². The highest BCUT2D eigenvalue weighted by atomic mass is 15.3. The number of likely N-dealkylation sites (tertiary alicyclic amines) is 1. The number of nitrogen functional groups attached to an aromatic ring is 1. The van der Waals surface area contributed by atoms with E-state index >= 15 is 0 Å². The third kappa shape index (κ3) is 1.83. The van der Waals surface area contributed by atoms with Crippen LogP contribution in [-0.2, 0) is 0 Å². The zero-order valence-electron chi connectivity index (χ0n) is 8.27. The highest BCUT2D eigenvalue weighted by Gasteiger charge is 2.22. The van der Waals surface area contributed by atoms with Crippen molar-refractivity contribution in [2.45, 2.75) is 12.3 Å². The molecule has 1 unspecified atom stereocenters. The van der Waals surface area contributed by atoms with E-state index < -0.39 is 0 Å². The molecule has 5 nitrogen and oxygen atoms in total. The Kier molecular flexibility index (Phi) is 2.60. The lowest BCUT2D eigenvalue weighted by molar-refractivity contribution is 0.410. The van der Waals surface area contributed by atoms with E-state index in [2.05, 4.69) is 27.3 Å². The Labute approximate surface area is 83.3 Å². The van der Waals surface area contributed by atoms with Crippen LogP contribution in [0.1, 0.15) is 18.0 Å². The zero-order valence-corrected chi connectivity index (χ0v) is 8.27. The van der Waals surface area contributed by atoms with E-state index in [1.165, 1.54) is 0 Å². The summed E-state index contributed by atoms with van der Waals surface area (Å²) in [6.45, 7) is 2.21. The SMILES string of the molecule is CN1CCC(c2ccnc(NN)n2)C1. The first-order valence-electron chi connectivity index (χ1n) is 4.77. The van der Waals surface area contributed by atoms with E-state index in [1.807, 2.05) is 6.07 Å². The number of anilines is 1. The predicted molar refractivity (Wildman–Crippen MR) is 54.7 cm³/mol. The lowest BCUT2D eigenvalue weighted by atomic mass is 10.1. The molecular formula is C9H15N5. The van der Waals surface area contributed by atoms with Gasteiger partial charge in [0, 0.05) is 18.7 Å². The van der Waals surface area contributed by atoms with Crippen LogP contribution in [0.3, 0.4) is 0 Å². The maximum Gasteiger partial charge on any atom is 0.237 e. The molecule has 1 aromatic rings. The maximum absolute atomic E-state index is 5.26. The topological polar surface area (TPSA) is 67.1 Å². The standard InChI is InChI=1S/C9H15N5/c1-14-5-3-7(6-14)8-2-4-11-9(12-8)13-10/h2,4,7H,3,5-6,10H2,1H3,(H,11,12,13). The first-order valence-corrected chi connectivity index (χ1v) is 4.77. The van der Waals surface area contributed by atoms with E-state index in [-0.39, 0.29) is 0 Å². The highest BCUT2D eigenvalue weighted by Crippen LogP contribution is 2.24. The van der Waals surface area contributed by atoms with Gasteiger partial charge in [0.25, 0.3) is 0 Å². The minimum absolute atomic E-state index is 0.497. The number of nitrogens with two attached hydrogens (primary N) is 1. The Hall–Kier alpha value is -1.20. The molecule has 1 saturated heterocycles. The summed E-state index contributed by atoms with van der Waals surface area (Å²) >= 11 is 0. The van der Waals surface area contributed by atoms with E-state index in [0.717, 1.165) is 25.2 Å². The van der Waals surface area contributed by atoms with Gasteiger partial charge in [-0.05, 0) is 26.1 Å². The summed E-state index contributed by atoms with van der Waals surface area (Å²) in [5.74, 6) is 6.28. The number of rotatable bonds is 2. The third-order valence-electron chi connectivity index (χ3n) is 2.62. The summed E-state index contributed by atoms with van der Waals surface area (Å²) in [7, 11) is 2.13. The van der Waals surface area contributed by atoms with Gasteiger partial charge in [-0.25, -0.2) is 15.8 Å². The monoisotopic (exact) mass is 193 g/mol. The molecule has 1 fully saturated rings. The predicted octanol–water partition coefficient (Wildman–Crippen LogP) is 0.181. The van der Waals surface area contributed by atoms with Crippen molar-refractivity contribution in [2.24, 2.45) is 5.84 Å². The zero-order chi connectivity index (χ0) is 9.97. The molecule has 2 heterocycles. The minimum Gasteiger partial charge on any atom is -0.306 e. The molecular weight excluding hydrogens is 178 g/mol. The van der Waals surface area contributed by atoms with Crippen LogP contribution in [0.5, 0.6) is 0 Å². The molecule has 1 aliphatic heterocycles. The summed E-state index contributed by atoms with van der Waals surface area (Å²) < 4.78 is 0. The van der Waals surface area contributed by atoms with Gasteiger partial charge in [-0.1, -0.05) is 0 Å². The van der Waals surface area contributed by atoms with Crippen LogP contribution >= 0.6 is 0 Å². The molecule has 3 N–H and O–H groups in total. The lowest BCUT2D eigenvalue weighted by Gasteiger charge is -2.10. The van der Waals surface area contributed by atoms with E-state index in [1.54, 1.807) is 6.20 Å². The van der Waals surface area contributed by atoms with Crippen LogP contribution in [0, 0.1) is 0 Å². The smallest absolute Gasteiger partial charge is 0.237 e. The normalized spacial score (nSPS) is 22.6. The fourth-order valence-electron chi connectivity index (χ4n) is 1.85. The molecule has 1 aliphatic rings. The number of aromatic nitrogens is 2. The number of nitrogens with zero attached hydrogens (tertiary/aromatic N) is 3. The van der Waals surface area contributed by atoms with Gasteiger partial charge in [-0.3, -0.25) is 5.43 Å². The second-order valence-electron chi connectivity index (χ2n) is 3.70. The van der Waals surface area contributed by atoms with Crippen LogP contribution in [0.25, 0.3) is 0 Å². The van der Waals surface area contributed by atoms with E-state index in [4.69, 9.17) is 5.84 Å². The summed E-state index contributed by atoms with van der Waals surface area (Å²) in [6, 6.07) is 1.96. The van der Waals surface area contributed by atoms with Crippen molar-refractivity contribution in [3.8, 4) is 0 Å². The summed E-state index contributed by atoms with van der Waals surface area (Å²) in [4.78, 5) is 10.6. The van der Waals surface area contributed by atoms with Crippen LogP contribution < -0.4 is 11.3 Å². The highest BCUT2D eigenvalue weighted by molar-refractivity contribution is 5.24. The van der Waals surface area contributed by atoms with E-state index in [0.29, 0.717) is 11.9 Å². The van der Waals surface area contributed by atoms with Gasteiger partial charge in [-0.2, -0.15) is 0 Å². The van der Waals surface area contributed by atoms with Crippen molar-refractivity contribution in [3.63, 3.8) is 0 Å². The van der Waals surface area contributed by atoms with Gasteiger partial charge >= 0.3 is 0 Å². The largest absolute Gasteiger partial charge is 0.306 e. The van der Waals surface area contributed by atoms with Gasteiger partial charge in [0.15, 0.2) is 0 Å². The Balaban J connectivity index is 2.15. The van der Waals surface area contributed by atoms with Crippen molar-refractivity contribution in [1.82, 2.24) is 14.9 Å². The molecule has 0 saturated carbocycles. The van der Waals surface area contributed by atoms with Crippen molar-refractivity contribution < 1.29 is 0 Å². The number of hydrogen-bond donors (Lipinski definition) is 2. The average Bonchev–Trinajstić information content (AvgIpc) is 2.65.